The van der Waals surface area contributed by atoms with E-state index in [1.54, 1.807) is 10.8 Å². The van der Waals surface area contributed by atoms with E-state index in [2.05, 4.69) is 24.0 Å². The van der Waals surface area contributed by atoms with Crippen molar-refractivity contribution in [3.05, 3.63) is 63.7 Å². The maximum absolute atomic E-state index is 12.7. The summed E-state index contributed by atoms with van der Waals surface area (Å²) in [6.45, 7) is 6.00. The van der Waals surface area contributed by atoms with Crippen LogP contribution in [0.3, 0.4) is 0 Å². The van der Waals surface area contributed by atoms with Gasteiger partial charge in [-0.1, -0.05) is 18.2 Å². The lowest BCUT2D eigenvalue weighted by molar-refractivity contribution is 0.817. The van der Waals surface area contributed by atoms with Crippen molar-refractivity contribution in [3.63, 3.8) is 0 Å². The maximum atomic E-state index is 12.7. The first-order valence-corrected chi connectivity index (χ1v) is 7.02. The second kappa shape index (κ2) is 4.85. The van der Waals surface area contributed by atoms with Gasteiger partial charge in [-0.25, -0.2) is 0 Å². The van der Waals surface area contributed by atoms with E-state index in [9.17, 15) is 4.79 Å². The van der Waals surface area contributed by atoms with Gasteiger partial charge in [0.05, 0.1) is 11.1 Å². The third kappa shape index (κ3) is 2.05. The molecule has 3 aromatic rings. The molecule has 0 bridgehead atoms. The van der Waals surface area contributed by atoms with Gasteiger partial charge in [-0.05, 0) is 44.0 Å². The van der Waals surface area contributed by atoms with Crippen molar-refractivity contribution in [2.75, 3.05) is 0 Å². The number of nitrogens with zero attached hydrogens (tertiary/aromatic N) is 2. The fraction of sp³-hybridized carbons (Fsp3) is 0.222. The molecule has 1 aromatic carbocycles. The molecule has 0 aliphatic carbocycles. The summed E-state index contributed by atoms with van der Waals surface area (Å²) in [5, 5.41) is 1.09. The highest BCUT2D eigenvalue weighted by atomic mass is 16.1. The molecular weight excluding hydrogens is 260 g/mol. The normalized spacial score (nSPS) is 11.0. The first kappa shape index (κ1) is 13.6. The fourth-order valence-corrected chi connectivity index (χ4v) is 2.82. The summed E-state index contributed by atoms with van der Waals surface area (Å²) in [5.41, 5.74) is 5.70. The van der Waals surface area contributed by atoms with Crippen molar-refractivity contribution in [1.29, 1.82) is 0 Å². The summed E-state index contributed by atoms with van der Waals surface area (Å²) in [7, 11) is 1.81. The molecule has 2 heterocycles. The molecule has 3 nitrogen and oxygen atoms in total. The molecule has 0 N–H and O–H groups in total. The summed E-state index contributed by atoms with van der Waals surface area (Å²) in [5.74, 6) is 0. The predicted octanol–water partition coefficient (Wildman–Crippen LogP) is 3.53. The molecule has 0 amide bonds. The van der Waals surface area contributed by atoms with Crippen LogP contribution in [0.1, 0.15) is 16.8 Å². The number of rotatable bonds is 1. The lowest BCUT2D eigenvalue weighted by atomic mass is 9.96. The molecule has 0 saturated heterocycles. The van der Waals surface area contributed by atoms with Crippen LogP contribution < -0.4 is 5.56 Å². The molecule has 0 aliphatic rings. The van der Waals surface area contributed by atoms with Crippen LogP contribution >= 0.6 is 0 Å². The summed E-state index contributed by atoms with van der Waals surface area (Å²) in [6.07, 6.45) is 1.78. The fourth-order valence-electron chi connectivity index (χ4n) is 2.82. The first-order chi connectivity index (χ1) is 10.0. The molecule has 0 fully saturated rings. The molecule has 3 rings (SSSR count). The quantitative estimate of drug-likeness (QED) is 0.682. The topological polar surface area (TPSA) is 34.9 Å². The Morgan fingerprint density at radius 3 is 2.57 bits per heavy atom. The Bertz CT molecular complexity index is 907. The minimum Gasteiger partial charge on any atom is -0.315 e. The van der Waals surface area contributed by atoms with Crippen LogP contribution in [0, 0.1) is 20.8 Å². The monoisotopic (exact) mass is 278 g/mol. The average molecular weight is 278 g/mol. The third-order valence-corrected chi connectivity index (χ3v) is 4.12. The standard InChI is InChI=1S/C18H18N2O/c1-11-7-8-15(17-14(11)6-5-9-19-17)16-12(2)10-13(3)20(4)18(16)21/h5-10H,1-4H3. The lowest BCUT2D eigenvalue weighted by Gasteiger charge is -2.13. The number of hydrogen-bond donors (Lipinski definition) is 0. The number of aromatic nitrogens is 2. The number of aryl methyl sites for hydroxylation is 3. The zero-order valence-corrected chi connectivity index (χ0v) is 12.8. The van der Waals surface area contributed by atoms with Crippen molar-refractivity contribution in [3.8, 4) is 11.1 Å². The van der Waals surface area contributed by atoms with E-state index in [0.717, 1.165) is 33.3 Å². The van der Waals surface area contributed by atoms with Crippen LogP contribution in [-0.4, -0.2) is 9.55 Å². The highest BCUT2D eigenvalue weighted by molar-refractivity contribution is 5.95. The average Bonchev–Trinajstić information content (AvgIpc) is 2.47. The zero-order chi connectivity index (χ0) is 15.1. The maximum Gasteiger partial charge on any atom is 0.258 e. The van der Waals surface area contributed by atoms with E-state index in [4.69, 9.17) is 0 Å². The van der Waals surface area contributed by atoms with Gasteiger partial charge in [-0.15, -0.1) is 0 Å². The lowest BCUT2D eigenvalue weighted by Crippen LogP contribution is -2.22. The Morgan fingerprint density at radius 2 is 1.81 bits per heavy atom. The Kier molecular flexibility index (Phi) is 3.13. The third-order valence-electron chi connectivity index (χ3n) is 4.12. The molecule has 0 atom stereocenters. The Hall–Kier alpha value is -2.42. The molecule has 0 radical (unpaired) electrons. The van der Waals surface area contributed by atoms with Crippen molar-refractivity contribution < 1.29 is 0 Å². The van der Waals surface area contributed by atoms with Gasteiger partial charge in [0, 0.05) is 29.9 Å². The van der Waals surface area contributed by atoms with Crippen molar-refractivity contribution in [1.82, 2.24) is 9.55 Å². The summed E-state index contributed by atoms with van der Waals surface area (Å²) >= 11 is 0. The molecular formula is C18H18N2O. The van der Waals surface area contributed by atoms with E-state index in [-0.39, 0.29) is 5.56 Å². The summed E-state index contributed by atoms with van der Waals surface area (Å²) < 4.78 is 1.69. The number of hydrogen-bond acceptors (Lipinski definition) is 2. The minimum atomic E-state index is 0.0308. The minimum absolute atomic E-state index is 0.0308. The first-order valence-electron chi connectivity index (χ1n) is 7.02. The van der Waals surface area contributed by atoms with Crippen LogP contribution in [0.5, 0.6) is 0 Å². The van der Waals surface area contributed by atoms with Crippen molar-refractivity contribution >= 4 is 10.9 Å². The molecule has 0 spiro atoms. The Balaban J connectivity index is 2.45. The summed E-state index contributed by atoms with van der Waals surface area (Å²) in [6, 6.07) is 10.1. The van der Waals surface area contributed by atoms with Gasteiger partial charge < -0.3 is 4.57 Å². The largest absolute Gasteiger partial charge is 0.315 e. The van der Waals surface area contributed by atoms with Gasteiger partial charge in [0.2, 0.25) is 0 Å². The molecule has 3 heteroatoms. The predicted molar refractivity (Wildman–Crippen MR) is 86.6 cm³/mol. The van der Waals surface area contributed by atoms with Crippen LogP contribution in [0.2, 0.25) is 0 Å². The van der Waals surface area contributed by atoms with E-state index >= 15 is 0 Å². The van der Waals surface area contributed by atoms with Crippen molar-refractivity contribution in [2.24, 2.45) is 7.05 Å². The van der Waals surface area contributed by atoms with Gasteiger partial charge in [-0.3, -0.25) is 9.78 Å². The van der Waals surface area contributed by atoms with Crippen LogP contribution in [0.4, 0.5) is 0 Å². The van der Waals surface area contributed by atoms with Gasteiger partial charge >= 0.3 is 0 Å². The number of benzene rings is 1. The number of fused-ring (bicyclic) bond motifs is 1. The molecule has 0 aliphatic heterocycles. The Morgan fingerprint density at radius 1 is 1.05 bits per heavy atom. The van der Waals surface area contributed by atoms with Crippen LogP contribution in [0.25, 0.3) is 22.0 Å². The van der Waals surface area contributed by atoms with Crippen LogP contribution in [0.15, 0.2) is 41.3 Å². The highest BCUT2D eigenvalue weighted by Crippen LogP contribution is 2.29. The molecule has 21 heavy (non-hydrogen) atoms. The molecule has 106 valence electrons. The van der Waals surface area contributed by atoms with E-state index in [0.29, 0.717) is 0 Å². The van der Waals surface area contributed by atoms with Crippen LogP contribution in [-0.2, 0) is 7.05 Å². The van der Waals surface area contributed by atoms with E-state index in [1.807, 2.05) is 39.1 Å². The van der Waals surface area contributed by atoms with E-state index in [1.165, 1.54) is 5.56 Å². The SMILES string of the molecule is Cc1cc(C)n(C)c(=O)c1-c1ccc(C)c2cccnc12. The zero-order valence-electron chi connectivity index (χ0n) is 12.8. The smallest absolute Gasteiger partial charge is 0.258 e. The number of pyridine rings is 2. The molecule has 2 aromatic heterocycles. The van der Waals surface area contributed by atoms with Gasteiger partial charge in [0.15, 0.2) is 0 Å². The highest BCUT2D eigenvalue weighted by Gasteiger charge is 2.14. The van der Waals surface area contributed by atoms with E-state index < -0.39 is 0 Å². The molecule has 0 unspecified atom stereocenters. The van der Waals surface area contributed by atoms with Gasteiger partial charge in [0.1, 0.15) is 0 Å². The second-order valence-electron chi connectivity index (χ2n) is 5.54. The van der Waals surface area contributed by atoms with Crippen molar-refractivity contribution in [2.45, 2.75) is 20.8 Å². The Labute approximate surface area is 123 Å². The van der Waals surface area contributed by atoms with Gasteiger partial charge in [-0.2, -0.15) is 0 Å². The molecule has 0 saturated carbocycles. The second-order valence-corrected chi connectivity index (χ2v) is 5.54. The van der Waals surface area contributed by atoms with Gasteiger partial charge in [0.25, 0.3) is 5.56 Å². The summed E-state index contributed by atoms with van der Waals surface area (Å²) in [4.78, 5) is 17.2.